The van der Waals surface area contributed by atoms with Crippen LogP contribution in [0.2, 0.25) is 0 Å². The second-order valence-corrected chi connectivity index (χ2v) is 9.65. The SMILES string of the molecule is N#C[C@H](Cc1ccc([C@H]2CCN3CCOC[C@H]3C2)cc1F)NC(=O)[C@H]1N[C@@H]2CC[C@H]1C2. The van der Waals surface area contributed by atoms with Crippen molar-refractivity contribution in [2.75, 3.05) is 26.3 Å². The lowest BCUT2D eigenvalue weighted by atomic mass is 9.84. The van der Waals surface area contributed by atoms with E-state index < -0.39 is 6.04 Å². The number of piperidine rings is 2. The van der Waals surface area contributed by atoms with Gasteiger partial charge < -0.3 is 15.4 Å². The molecular formula is C24H31FN4O2. The van der Waals surface area contributed by atoms with Crippen LogP contribution in [-0.2, 0) is 16.0 Å². The predicted molar refractivity (Wildman–Crippen MR) is 114 cm³/mol. The number of carbonyl (C=O) groups excluding carboxylic acids is 1. The number of halogens is 1. The third-order valence-corrected chi connectivity index (χ3v) is 7.76. The molecule has 31 heavy (non-hydrogen) atoms. The summed E-state index contributed by atoms with van der Waals surface area (Å²) in [6.07, 6.45) is 5.44. The van der Waals surface area contributed by atoms with Crippen LogP contribution in [0.15, 0.2) is 18.2 Å². The van der Waals surface area contributed by atoms with Gasteiger partial charge in [0.25, 0.3) is 0 Å². The molecule has 3 saturated heterocycles. The second-order valence-electron chi connectivity index (χ2n) is 9.65. The van der Waals surface area contributed by atoms with Crippen LogP contribution in [0.3, 0.4) is 0 Å². The third-order valence-electron chi connectivity index (χ3n) is 7.76. The summed E-state index contributed by atoms with van der Waals surface area (Å²) in [4.78, 5) is 15.1. The van der Waals surface area contributed by atoms with Crippen molar-refractivity contribution in [2.24, 2.45) is 5.92 Å². The molecule has 3 aliphatic heterocycles. The minimum Gasteiger partial charge on any atom is -0.378 e. The lowest BCUT2D eigenvalue weighted by Crippen LogP contribution is -2.50. The maximum atomic E-state index is 14.9. The fourth-order valence-electron chi connectivity index (χ4n) is 6.02. The van der Waals surface area contributed by atoms with Crippen LogP contribution in [0.1, 0.15) is 49.1 Å². The highest BCUT2D eigenvalue weighted by molar-refractivity contribution is 5.83. The van der Waals surface area contributed by atoms with Gasteiger partial charge in [-0.15, -0.1) is 0 Å². The fourth-order valence-corrected chi connectivity index (χ4v) is 6.02. The van der Waals surface area contributed by atoms with Gasteiger partial charge in [-0.25, -0.2) is 4.39 Å². The number of hydrogen-bond donors (Lipinski definition) is 2. The third kappa shape index (κ3) is 4.34. The van der Waals surface area contributed by atoms with Crippen molar-refractivity contribution in [3.63, 3.8) is 0 Å². The van der Waals surface area contributed by atoms with E-state index in [1.54, 1.807) is 12.1 Å². The Hall–Kier alpha value is -2.01. The minimum atomic E-state index is -0.726. The average molecular weight is 427 g/mol. The van der Waals surface area contributed by atoms with Crippen LogP contribution in [0.4, 0.5) is 4.39 Å². The molecule has 6 nitrogen and oxygen atoms in total. The van der Waals surface area contributed by atoms with E-state index >= 15 is 0 Å². The Morgan fingerprint density at radius 1 is 1.32 bits per heavy atom. The number of carbonyl (C=O) groups is 1. The highest BCUT2D eigenvalue weighted by Crippen LogP contribution is 2.35. The quantitative estimate of drug-likeness (QED) is 0.754. The Labute approximate surface area is 183 Å². The molecule has 1 saturated carbocycles. The zero-order chi connectivity index (χ0) is 21.4. The first-order valence-electron chi connectivity index (χ1n) is 11.7. The van der Waals surface area contributed by atoms with Crippen LogP contribution >= 0.6 is 0 Å². The summed E-state index contributed by atoms with van der Waals surface area (Å²) in [7, 11) is 0. The van der Waals surface area contributed by atoms with Crippen LogP contribution in [0, 0.1) is 23.1 Å². The van der Waals surface area contributed by atoms with Crippen LogP contribution in [-0.4, -0.2) is 61.3 Å². The van der Waals surface area contributed by atoms with Crippen LogP contribution in [0.25, 0.3) is 0 Å². The number of ether oxygens (including phenoxy) is 1. The largest absolute Gasteiger partial charge is 0.378 e. The Balaban J connectivity index is 1.20. The molecule has 166 valence electrons. The average Bonchev–Trinajstić information content (AvgIpc) is 3.43. The summed E-state index contributed by atoms with van der Waals surface area (Å²) in [6.45, 7) is 3.59. The van der Waals surface area contributed by atoms with Crippen molar-refractivity contribution in [1.82, 2.24) is 15.5 Å². The molecule has 0 unspecified atom stereocenters. The van der Waals surface area contributed by atoms with Gasteiger partial charge in [0.2, 0.25) is 5.91 Å². The molecule has 1 amide bonds. The summed E-state index contributed by atoms with van der Waals surface area (Å²) < 4.78 is 20.5. The molecule has 1 aliphatic carbocycles. The van der Waals surface area contributed by atoms with Gasteiger partial charge in [0.05, 0.1) is 25.3 Å². The van der Waals surface area contributed by atoms with Gasteiger partial charge in [-0.2, -0.15) is 5.26 Å². The van der Waals surface area contributed by atoms with Crippen LogP contribution < -0.4 is 10.6 Å². The maximum Gasteiger partial charge on any atom is 0.238 e. The molecular weight excluding hydrogens is 395 g/mol. The van der Waals surface area contributed by atoms with Crippen molar-refractivity contribution < 1.29 is 13.9 Å². The van der Waals surface area contributed by atoms with Gasteiger partial charge in [-0.1, -0.05) is 12.1 Å². The smallest absolute Gasteiger partial charge is 0.238 e. The first kappa shape index (κ1) is 20.9. The van der Waals surface area contributed by atoms with Crippen LogP contribution in [0.5, 0.6) is 0 Å². The van der Waals surface area contributed by atoms with Crippen molar-refractivity contribution in [3.8, 4) is 6.07 Å². The molecule has 4 fully saturated rings. The highest BCUT2D eigenvalue weighted by Gasteiger charge is 2.43. The number of nitrogens with one attached hydrogen (secondary N) is 2. The van der Waals surface area contributed by atoms with Gasteiger partial charge in [-0.3, -0.25) is 9.69 Å². The number of amides is 1. The number of rotatable bonds is 5. The zero-order valence-electron chi connectivity index (χ0n) is 17.9. The van der Waals surface area contributed by atoms with E-state index in [1.807, 2.05) is 6.07 Å². The molecule has 2 bridgehead atoms. The van der Waals surface area contributed by atoms with Crippen molar-refractivity contribution >= 4 is 5.91 Å². The van der Waals surface area contributed by atoms with E-state index in [4.69, 9.17) is 4.74 Å². The number of benzene rings is 1. The maximum absolute atomic E-state index is 14.9. The highest BCUT2D eigenvalue weighted by atomic mass is 19.1. The normalized spacial score (nSPS) is 33.5. The van der Waals surface area contributed by atoms with E-state index in [2.05, 4.69) is 21.6 Å². The van der Waals surface area contributed by atoms with E-state index in [0.29, 0.717) is 29.5 Å². The number of nitriles is 1. The summed E-state index contributed by atoms with van der Waals surface area (Å²) in [5, 5.41) is 15.7. The monoisotopic (exact) mass is 426 g/mol. The van der Waals surface area contributed by atoms with Crippen molar-refractivity contribution in [3.05, 3.63) is 35.1 Å². The summed E-state index contributed by atoms with van der Waals surface area (Å²) >= 11 is 0. The first-order valence-corrected chi connectivity index (χ1v) is 11.7. The van der Waals surface area contributed by atoms with Crippen molar-refractivity contribution in [2.45, 2.75) is 68.6 Å². The summed E-state index contributed by atoms with van der Waals surface area (Å²) in [5.74, 6) is 0.285. The van der Waals surface area contributed by atoms with E-state index in [9.17, 15) is 14.4 Å². The Morgan fingerprint density at radius 2 is 2.23 bits per heavy atom. The van der Waals surface area contributed by atoms with E-state index in [-0.39, 0.29) is 24.2 Å². The Bertz CT molecular complexity index is 872. The van der Waals surface area contributed by atoms with Crippen molar-refractivity contribution in [1.29, 1.82) is 5.26 Å². The van der Waals surface area contributed by atoms with E-state index in [1.165, 1.54) is 0 Å². The molecule has 3 heterocycles. The van der Waals surface area contributed by atoms with Gasteiger partial charge in [0.1, 0.15) is 11.9 Å². The molecule has 7 heteroatoms. The molecule has 6 atom stereocenters. The molecule has 2 N–H and O–H groups in total. The molecule has 1 aromatic rings. The number of hydrogen-bond acceptors (Lipinski definition) is 5. The lowest BCUT2D eigenvalue weighted by Gasteiger charge is -2.42. The number of nitrogens with zero attached hydrogens (tertiary/aromatic N) is 2. The molecule has 0 radical (unpaired) electrons. The standard InChI is InChI=1S/C24H31FN4O2/c25-22-12-15(16-5-6-29-7-8-31-14-21(29)11-16)1-2-17(22)9-20(13-26)28-24(30)23-18-3-4-19(10-18)27-23/h1-2,12,16,18-21,23,27H,3-11,14H2,(H,28,30)/t16-,18-,19+,20-,21+,23-/m0/s1. The molecule has 1 aromatic carbocycles. The Morgan fingerprint density at radius 3 is 2.97 bits per heavy atom. The van der Waals surface area contributed by atoms with Gasteiger partial charge in [0.15, 0.2) is 0 Å². The summed E-state index contributed by atoms with van der Waals surface area (Å²) in [5.41, 5.74) is 1.50. The predicted octanol–water partition coefficient (Wildman–Crippen LogP) is 2.10. The molecule has 5 rings (SSSR count). The zero-order valence-corrected chi connectivity index (χ0v) is 17.9. The second kappa shape index (κ2) is 8.85. The summed E-state index contributed by atoms with van der Waals surface area (Å²) in [6, 6.07) is 7.48. The van der Waals surface area contributed by atoms with Gasteiger partial charge in [0, 0.05) is 25.0 Å². The Kier molecular flexibility index (Phi) is 5.96. The topological polar surface area (TPSA) is 77.4 Å². The molecule has 4 aliphatic rings. The molecule has 0 spiro atoms. The molecule has 0 aromatic heterocycles. The lowest BCUT2D eigenvalue weighted by molar-refractivity contribution is -0.124. The fraction of sp³-hybridized carbons (Fsp3) is 0.667. The number of fused-ring (bicyclic) bond motifs is 3. The minimum absolute atomic E-state index is 0.128. The van der Waals surface area contributed by atoms with Gasteiger partial charge in [-0.05, 0) is 67.7 Å². The van der Waals surface area contributed by atoms with Gasteiger partial charge >= 0.3 is 0 Å². The first-order chi connectivity index (χ1) is 15.1. The number of morpholine rings is 1. The van der Waals surface area contributed by atoms with E-state index in [0.717, 1.165) is 64.0 Å².